The Kier molecular flexibility index (Phi) is 5.78. The second kappa shape index (κ2) is 7.42. The summed E-state index contributed by atoms with van der Waals surface area (Å²) in [5, 5.41) is 2.78. The second-order valence-corrected chi connectivity index (χ2v) is 8.04. The van der Waals surface area contributed by atoms with Crippen molar-refractivity contribution < 1.29 is 17.9 Å². The fourth-order valence-electron chi connectivity index (χ4n) is 2.64. The summed E-state index contributed by atoms with van der Waals surface area (Å²) in [6, 6.07) is 5.70. The van der Waals surface area contributed by atoms with E-state index in [1.54, 1.807) is 0 Å². The smallest absolute Gasteiger partial charge is 0.239 e. The molecule has 128 valence electrons. The lowest BCUT2D eigenvalue weighted by molar-refractivity contribution is -0.116. The van der Waals surface area contributed by atoms with E-state index in [0.717, 1.165) is 30.2 Å². The first-order valence-electron chi connectivity index (χ1n) is 7.69. The summed E-state index contributed by atoms with van der Waals surface area (Å²) in [6.07, 6.45) is 2.74. The van der Waals surface area contributed by atoms with Crippen LogP contribution in [0, 0.1) is 13.8 Å². The van der Waals surface area contributed by atoms with E-state index in [9.17, 15) is 13.2 Å². The Labute approximate surface area is 137 Å². The highest BCUT2D eigenvalue weighted by atomic mass is 32.2. The Balaban J connectivity index is 2.02. The maximum atomic E-state index is 12.2. The van der Waals surface area contributed by atoms with Crippen LogP contribution in [0.5, 0.6) is 0 Å². The molecule has 1 saturated heterocycles. The van der Waals surface area contributed by atoms with E-state index in [1.165, 1.54) is 4.31 Å². The molecular weight excluding hydrogens is 316 g/mol. The highest BCUT2D eigenvalue weighted by Gasteiger charge is 2.26. The highest BCUT2D eigenvalue weighted by molar-refractivity contribution is 7.88. The number of hydrogen-bond donors (Lipinski definition) is 1. The zero-order chi connectivity index (χ0) is 17.0. The fourth-order valence-corrected chi connectivity index (χ4v) is 3.43. The third-order valence-corrected chi connectivity index (χ3v) is 5.09. The standard InChI is InChI=1S/C16H24N2O4S/c1-12-6-7-15(13(2)9-12)17-16(19)11-18(23(3,20)21)10-14-5-4-8-22-14/h6-7,9,14H,4-5,8,10-11H2,1-3H3,(H,17,19). The van der Waals surface area contributed by atoms with Gasteiger partial charge >= 0.3 is 0 Å². The van der Waals surface area contributed by atoms with Crippen molar-refractivity contribution in [3.05, 3.63) is 29.3 Å². The first-order chi connectivity index (χ1) is 10.8. The van der Waals surface area contributed by atoms with Crippen LogP contribution in [-0.2, 0) is 19.6 Å². The molecule has 1 unspecified atom stereocenters. The van der Waals surface area contributed by atoms with E-state index in [4.69, 9.17) is 4.74 Å². The molecule has 0 aliphatic carbocycles. The van der Waals surface area contributed by atoms with Gasteiger partial charge in [0.05, 0.1) is 18.9 Å². The van der Waals surface area contributed by atoms with Crippen LogP contribution in [0.1, 0.15) is 24.0 Å². The lowest BCUT2D eigenvalue weighted by Gasteiger charge is -2.22. The lowest BCUT2D eigenvalue weighted by Crippen LogP contribution is -2.41. The summed E-state index contributed by atoms with van der Waals surface area (Å²) in [4.78, 5) is 12.2. The second-order valence-electron chi connectivity index (χ2n) is 6.06. The van der Waals surface area contributed by atoms with Crippen molar-refractivity contribution in [2.75, 3.05) is 31.3 Å². The number of ether oxygens (including phenoxy) is 1. The minimum absolute atomic E-state index is 0.126. The first-order valence-corrected chi connectivity index (χ1v) is 9.54. The van der Waals surface area contributed by atoms with Crippen molar-refractivity contribution in [1.29, 1.82) is 0 Å². The average molecular weight is 340 g/mol. The van der Waals surface area contributed by atoms with Crippen LogP contribution < -0.4 is 5.32 Å². The molecule has 0 radical (unpaired) electrons. The van der Waals surface area contributed by atoms with Crippen LogP contribution in [0.4, 0.5) is 5.69 Å². The predicted octanol–water partition coefficient (Wildman–Crippen LogP) is 1.68. The topological polar surface area (TPSA) is 75.7 Å². The highest BCUT2D eigenvalue weighted by Crippen LogP contribution is 2.17. The van der Waals surface area contributed by atoms with Gasteiger partial charge in [-0.1, -0.05) is 17.7 Å². The number of sulfonamides is 1. The molecule has 0 bridgehead atoms. The Morgan fingerprint density at radius 3 is 2.70 bits per heavy atom. The fraction of sp³-hybridized carbons (Fsp3) is 0.562. The molecule has 1 atom stereocenters. The molecule has 0 saturated carbocycles. The third kappa shape index (κ3) is 5.30. The Morgan fingerprint density at radius 2 is 2.13 bits per heavy atom. The SMILES string of the molecule is Cc1ccc(NC(=O)CN(CC2CCCO2)S(C)(=O)=O)c(C)c1. The van der Waals surface area contributed by atoms with E-state index in [0.29, 0.717) is 12.3 Å². The number of benzene rings is 1. The van der Waals surface area contributed by atoms with Gasteiger partial charge in [0.1, 0.15) is 0 Å². The minimum atomic E-state index is -3.46. The molecule has 6 nitrogen and oxygen atoms in total. The lowest BCUT2D eigenvalue weighted by atomic mass is 10.1. The third-order valence-electron chi connectivity index (χ3n) is 3.88. The van der Waals surface area contributed by atoms with E-state index in [2.05, 4.69) is 5.32 Å². The number of nitrogens with zero attached hydrogens (tertiary/aromatic N) is 1. The molecular formula is C16H24N2O4S. The molecule has 1 aromatic rings. The molecule has 1 heterocycles. The van der Waals surface area contributed by atoms with Gasteiger partial charge in [-0.05, 0) is 38.3 Å². The molecule has 2 rings (SSSR count). The molecule has 0 aromatic heterocycles. The van der Waals surface area contributed by atoms with Crippen molar-refractivity contribution in [2.45, 2.75) is 32.8 Å². The van der Waals surface area contributed by atoms with E-state index in [-0.39, 0.29) is 25.1 Å². The number of anilines is 1. The van der Waals surface area contributed by atoms with Gasteiger partial charge in [-0.3, -0.25) is 4.79 Å². The monoisotopic (exact) mass is 340 g/mol. The van der Waals surface area contributed by atoms with E-state index >= 15 is 0 Å². The Bertz CT molecular complexity index is 667. The van der Waals surface area contributed by atoms with Crippen molar-refractivity contribution in [3.63, 3.8) is 0 Å². The van der Waals surface area contributed by atoms with Gasteiger partial charge in [-0.15, -0.1) is 0 Å². The predicted molar refractivity (Wildman–Crippen MR) is 89.9 cm³/mol. The van der Waals surface area contributed by atoms with Crippen LogP contribution in [0.3, 0.4) is 0 Å². The van der Waals surface area contributed by atoms with Gasteiger partial charge in [0, 0.05) is 18.8 Å². The summed E-state index contributed by atoms with van der Waals surface area (Å²) >= 11 is 0. The zero-order valence-electron chi connectivity index (χ0n) is 13.8. The molecule has 7 heteroatoms. The summed E-state index contributed by atoms with van der Waals surface area (Å²) in [7, 11) is -3.46. The number of rotatable bonds is 6. The number of carbonyl (C=O) groups excluding carboxylic acids is 1. The van der Waals surface area contributed by atoms with Crippen molar-refractivity contribution in [3.8, 4) is 0 Å². The molecule has 1 aliphatic rings. The number of carbonyl (C=O) groups is 1. The number of amides is 1. The number of aryl methyl sites for hydroxylation is 2. The molecule has 1 fully saturated rings. The number of nitrogens with one attached hydrogen (secondary N) is 1. The van der Waals surface area contributed by atoms with Gasteiger partial charge in [0.15, 0.2) is 0 Å². The molecule has 23 heavy (non-hydrogen) atoms. The summed E-state index contributed by atoms with van der Waals surface area (Å²) in [5.41, 5.74) is 2.76. The molecule has 1 aromatic carbocycles. The van der Waals surface area contributed by atoms with Crippen LogP contribution in [0.25, 0.3) is 0 Å². The molecule has 1 amide bonds. The van der Waals surface area contributed by atoms with Crippen LogP contribution in [-0.4, -0.2) is 50.7 Å². The Morgan fingerprint density at radius 1 is 1.39 bits per heavy atom. The molecule has 0 spiro atoms. The summed E-state index contributed by atoms with van der Waals surface area (Å²) in [6.45, 7) is 4.55. The maximum absolute atomic E-state index is 12.2. The van der Waals surface area contributed by atoms with Crippen molar-refractivity contribution in [2.24, 2.45) is 0 Å². The number of hydrogen-bond acceptors (Lipinski definition) is 4. The first kappa shape index (κ1) is 17.9. The zero-order valence-corrected chi connectivity index (χ0v) is 14.6. The average Bonchev–Trinajstić information content (AvgIpc) is 2.93. The summed E-state index contributed by atoms with van der Waals surface area (Å²) < 4.78 is 30.5. The van der Waals surface area contributed by atoms with Gasteiger partial charge in [-0.25, -0.2) is 8.42 Å². The quantitative estimate of drug-likeness (QED) is 0.855. The maximum Gasteiger partial charge on any atom is 0.239 e. The van der Waals surface area contributed by atoms with Gasteiger partial charge in [0.2, 0.25) is 15.9 Å². The van der Waals surface area contributed by atoms with Crippen LogP contribution >= 0.6 is 0 Å². The normalized spacial score (nSPS) is 18.3. The van der Waals surface area contributed by atoms with Gasteiger partial charge < -0.3 is 10.1 Å². The van der Waals surface area contributed by atoms with Gasteiger partial charge in [-0.2, -0.15) is 4.31 Å². The van der Waals surface area contributed by atoms with Crippen LogP contribution in [0.2, 0.25) is 0 Å². The molecule has 1 aliphatic heterocycles. The summed E-state index contributed by atoms with van der Waals surface area (Å²) in [5.74, 6) is -0.347. The largest absolute Gasteiger partial charge is 0.377 e. The Hall–Kier alpha value is -1.44. The van der Waals surface area contributed by atoms with Crippen molar-refractivity contribution in [1.82, 2.24) is 4.31 Å². The van der Waals surface area contributed by atoms with Crippen molar-refractivity contribution >= 4 is 21.6 Å². The van der Waals surface area contributed by atoms with Gasteiger partial charge in [0.25, 0.3) is 0 Å². The minimum Gasteiger partial charge on any atom is -0.377 e. The van der Waals surface area contributed by atoms with E-state index < -0.39 is 10.0 Å². The van der Waals surface area contributed by atoms with Crippen LogP contribution in [0.15, 0.2) is 18.2 Å². The van der Waals surface area contributed by atoms with E-state index in [1.807, 2.05) is 32.0 Å². The molecule has 1 N–H and O–H groups in total.